The predicted octanol–water partition coefficient (Wildman–Crippen LogP) is 4.92. The third-order valence-corrected chi connectivity index (χ3v) is 5.20. The molecule has 0 spiro atoms. The first-order chi connectivity index (χ1) is 12.0. The second kappa shape index (κ2) is 7.45. The summed E-state index contributed by atoms with van der Waals surface area (Å²) in [6.45, 7) is 4.30. The van der Waals surface area contributed by atoms with Crippen LogP contribution in [0.4, 0.5) is 0 Å². The number of amides is 1. The Bertz CT molecular complexity index is 888. The van der Waals surface area contributed by atoms with Crippen LogP contribution in [-0.2, 0) is 4.79 Å². The molecule has 0 saturated heterocycles. The molecule has 2 aromatic carbocycles. The summed E-state index contributed by atoms with van der Waals surface area (Å²) in [5.41, 5.74) is 2.84. The van der Waals surface area contributed by atoms with E-state index in [1.807, 2.05) is 38.1 Å². The number of phenols is 1. The maximum Gasteiger partial charge on any atom is 0.284 e. The van der Waals surface area contributed by atoms with Crippen molar-refractivity contribution >= 4 is 44.7 Å². The molecule has 1 amide bonds. The van der Waals surface area contributed by atoms with Crippen molar-refractivity contribution in [3.8, 4) is 11.5 Å². The normalized spacial score (nSPS) is 15.6. The average Bonchev–Trinajstić information content (AvgIpc) is 2.94. The lowest BCUT2D eigenvalue weighted by atomic mass is 10.2. The molecule has 128 valence electrons. The molecule has 2 aromatic rings. The van der Waals surface area contributed by atoms with E-state index in [4.69, 9.17) is 4.74 Å². The second-order valence-electron chi connectivity index (χ2n) is 5.48. The molecule has 1 heterocycles. The van der Waals surface area contributed by atoms with Gasteiger partial charge in [-0.3, -0.25) is 4.79 Å². The van der Waals surface area contributed by atoms with Gasteiger partial charge < -0.3 is 9.84 Å². The quantitative estimate of drug-likeness (QED) is 0.716. The number of nitrogens with zero attached hydrogens (tertiary/aromatic N) is 1. The third-order valence-electron chi connectivity index (χ3n) is 3.57. The monoisotopic (exact) mass is 417 g/mol. The van der Waals surface area contributed by atoms with Crippen molar-refractivity contribution in [2.45, 2.75) is 13.8 Å². The van der Waals surface area contributed by atoms with Gasteiger partial charge in [-0.1, -0.05) is 41.6 Å². The van der Waals surface area contributed by atoms with Crippen LogP contribution in [0, 0.1) is 6.92 Å². The molecule has 0 aliphatic carbocycles. The Labute approximate surface area is 158 Å². The van der Waals surface area contributed by atoms with Gasteiger partial charge in [-0.05, 0) is 53.5 Å². The highest BCUT2D eigenvalue weighted by Crippen LogP contribution is 2.38. The lowest BCUT2D eigenvalue weighted by molar-refractivity contribution is -0.113. The molecular formula is C19H16BrNO3S. The molecular weight excluding hydrogens is 402 g/mol. The summed E-state index contributed by atoms with van der Waals surface area (Å²) in [6, 6.07) is 11.4. The van der Waals surface area contributed by atoms with Crippen molar-refractivity contribution < 1.29 is 14.6 Å². The minimum Gasteiger partial charge on any atom is -0.503 e. The largest absolute Gasteiger partial charge is 0.503 e. The highest BCUT2D eigenvalue weighted by Gasteiger charge is 2.23. The predicted molar refractivity (Wildman–Crippen MR) is 105 cm³/mol. The Morgan fingerprint density at radius 2 is 2.00 bits per heavy atom. The number of aromatic hydroxyl groups is 1. The zero-order valence-electron chi connectivity index (χ0n) is 13.7. The molecule has 6 heteroatoms. The minimum absolute atomic E-state index is 0.0472. The molecule has 3 rings (SSSR count). The first kappa shape index (κ1) is 17.8. The van der Waals surface area contributed by atoms with E-state index in [9.17, 15) is 9.90 Å². The maximum absolute atomic E-state index is 12.2. The molecule has 0 unspecified atom stereocenters. The summed E-state index contributed by atoms with van der Waals surface area (Å²) in [5.74, 6) is 0.160. The number of hydrogen-bond acceptors (Lipinski definition) is 4. The van der Waals surface area contributed by atoms with Gasteiger partial charge in [0.1, 0.15) is 5.04 Å². The molecule has 0 saturated carbocycles. The first-order valence-corrected chi connectivity index (χ1v) is 9.33. The first-order valence-electron chi connectivity index (χ1n) is 7.73. The van der Waals surface area contributed by atoms with Gasteiger partial charge in [-0.2, -0.15) is 0 Å². The molecule has 0 aromatic heterocycles. The van der Waals surface area contributed by atoms with E-state index in [0.717, 1.165) is 16.7 Å². The van der Waals surface area contributed by atoms with Gasteiger partial charge in [0.25, 0.3) is 5.91 Å². The number of benzene rings is 2. The second-order valence-corrected chi connectivity index (χ2v) is 7.37. The van der Waals surface area contributed by atoms with E-state index in [0.29, 0.717) is 26.8 Å². The van der Waals surface area contributed by atoms with Crippen LogP contribution in [0.5, 0.6) is 11.5 Å². The van der Waals surface area contributed by atoms with Gasteiger partial charge in [0, 0.05) is 5.56 Å². The van der Waals surface area contributed by atoms with E-state index in [-0.39, 0.29) is 11.7 Å². The van der Waals surface area contributed by atoms with Gasteiger partial charge in [-0.25, -0.2) is 4.99 Å². The van der Waals surface area contributed by atoms with Crippen molar-refractivity contribution in [3.63, 3.8) is 0 Å². The Hall–Kier alpha value is -2.05. The minimum atomic E-state index is -0.261. The number of ether oxygens (including phenoxy) is 1. The fourth-order valence-corrected chi connectivity index (χ4v) is 3.70. The summed E-state index contributed by atoms with van der Waals surface area (Å²) in [6.07, 6.45) is 1.75. The number of thioether (sulfide) groups is 1. The van der Waals surface area contributed by atoms with Gasteiger partial charge in [0.2, 0.25) is 0 Å². The zero-order chi connectivity index (χ0) is 18.0. The summed E-state index contributed by atoms with van der Waals surface area (Å²) in [4.78, 5) is 16.9. The fourth-order valence-electron chi connectivity index (χ4n) is 2.32. The highest BCUT2D eigenvalue weighted by molar-refractivity contribution is 9.10. The Kier molecular flexibility index (Phi) is 5.30. The van der Waals surface area contributed by atoms with Crippen molar-refractivity contribution in [1.29, 1.82) is 0 Å². The third kappa shape index (κ3) is 3.96. The number of phenolic OH excluding ortho intramolecular Hbond substituents is 1. The summed E-state index contributed by atoms with van der Waals surface area (Å²) in [7, 11) is 0. The van der Waals surface area contributed by atoms with E-state index in [1.54, 1.807) is 18.2 Å². The molecule has 1 aliphatic rings. The van der Waals surface area contributed by atoms with Gasteiger partial charge in [0.15, 0.2) is 11.5 Å². The Morgan fingerprint density at radius 1 is 1.28 bits per heavy atom. The number of carbonyl (C=O) groups is 1. The van der Waals surface area contributed by atoms with E-state index in [1.165, 1.54) is 11.8 Å². The van der Waals surface area contributed by atoms with Crippen molar-refractivity contribution in [2.24, 2.45) is 4.99 Å². The van der Waals surface area contributed by atoms with Gasteiger partial charge >= 0.3 is 0 Å². The number of aryl methyl sites for hydroxylation is 1. The SMILES string of the molecule is CCOc1cc(C=C2SC(c3ccc(C)cc3)=NC2=O)cc(Br)c1O. The van der Waals surface area contributed by atoms with Crippen LogP contribution in [0.25, 0.3) is 6.08 Å². The smallest absolute Gasteiger partial charge is 0.284 e. The number of halogens is 1. The van der Waals surface area contributed by atoms with Crippen LogP contribution in [0.3, 0.4) is 0 Å². The van der Waals surface area contributed by atoms with Crippen LogP contribution in [-0.4, -0.2) is 22.7 Å². The number of carbonyl (C=O) groups excluding carboxylic acids is 1. The number of rotatable bonds is 4. The summed E-state index contributed by atoms with van der Waals surface area (Å²) < 4.78 is 5.94. The summed E-state index contributed by atoms with van der Waals surface area (Å²) >= 11 is 4.65. The highest BCUT2D eigenvalue weighted by atomic mass is 79.9. The van der Waals surface area contributed by atoms with Crippen LogP contribution >= 0.6 is 27.7 Å². The van der Waals surface area contributed by atoms with E-state index in [2.05, 4.69) is 20.9 Å². The van der Waals surface area contributed by atoms with Crippen LogP contribution < -0.4 is 4.74 Å². The molecule has 0 atom stereocenters. The van der Waals surface area contributed by atoms with Crippen LogP contribution in [0.1, 0.15) is 23.6 Å². The van der Waals surface area contributed by atoms with E-state index >= 15 is 0 Å². The molecule has 0 fully saturated rings. The number of hydrogen-bond donors (Lipinski definition) is 1. The molecule has 0 bridgehead atoms. The van der Waals surface area contributed by atoms with Crippen molar-refractivity contribution in [2.75, 3.05) is 6.61 Å². The molecule has 1 aliphatic heterocycles. The van der Waals surface area contributed by atoms with Crippen molar-refractivity contribution in [3.05, 3.63) is 62.5 Å². The number of aliphatic imine (C=N–C) groups is 1. The van der Waals surface area contributed by atoms with Gasteiger partial charge in [-0.15, -0.1) is 0 Å². The fraction of sp³-hybridized carbons (Fsp3) is 0.158. The van der Waals surface area contributed by atoms with E-state index < -0.39 is 0 Å². The molecule has 25 heavy (non-hydrogen) atoms. The molecule has 4 nitrogen and oxygen atoms in total. The standard InChI is InChI=1S/C19H16BrNO3S/c1-3-24-15-9-12(8-14(20)17(15)22)10-16-18(23)21-19(25-16)13-6-4-11(2)5-7-13/h4-10,22H,3H2,1-2H3. The zero-order valence-corrected chi connectivity index (χ0v) is 16.1. The lowest BCUT2D eigenvalue weighted by Gasteiger charge is -2.08. The van der Waals surface area contributed by atoms with Gasteiger partial charge in [0.05, 0.1) is 16.0 Å². The lowest BCUT2D eigenvalue weighted by Crippen LogP contribution is -1.93. The Morgan fingerprint density at radius 3 is 2.68 bits per heavy atom. The molecule has 0 radical (unpaired) electrons. The summed E-state index contributed by atoms with van der Waals surface area (Å²) in [5, 5.41) is 10.7. The Balaban J connectivity index is 1.88. The molecule has 1 N–H and O–H groups in total. The van der Waals surface area contributed by atoms with Crippen molar-refractivity contribution in [1.82, 2.24) is 0 Å². The topological polar surface area (TPSA) is 58.9 Å². The maximum atomic E-state index is 12.2. The van der Waals surface area contributed by atoms with Crippen LogP contribution in [0.15, 0.2) is 50.8 Å². The van der Waals surface area contributed by atoms with Crippen LogP contribution in [0.2, 0.25) is 0 Å². The average molecular weight is 418 g/mol.